The van der Waals surface area contributed by atoms with Crippen molar-refractivity contribution in [3.63, 3.8) is 0 Å². The van der Waals surface area contributed by atoms with Crippen LogP contribution < -0.4 is 10.6 Å². The van der Waals surface area contributed by atoms with Gasteiger partial charge in [0.05, 0.1) is 12.1 Å². The molecule has 5 nitrogen and oxygen atoms in total. The molecule has 4 aromatic carbocycles. The lowest BCUT2D eigenvalue weighted by Crippen LogP contribution is -2.51. The lowest BCUT2D eigenvalue weighted by molar-refractivity contribution is -0.113. The van der Waals surface area contributed by atoms with Crippen LogP contribution in [0.5, 0.6) is 0 Å². The molecule has 0 saturated carbocycles. The molecule has 1 aliphatic rings. The summed E-state index contributed by atoms with van der Waals surface area (Å²) in [4.78, 5) is 27.2. The average molecular weight is 537 g/mol. The first-order chi connectivity index (χ1) is 19.0. The fourth-order valence-corrected chi connectivity index (χ4v) is 5.90. The summed E-state index contributed by atoms with van der Waals surface area (Å²) in [6.07, 6.45) is -0.538. The second-order valence-electron chi connectivity index (χ2n) is 9.84. The van der Waals surface area contributed by atoms with Gasteiger partial charge < -0.3 is 15.4 Å². The molecule has 0 spiro atoms. The van der Waals surface area contributed by atoms with Crippen molar-refractivity contribution in [3.8, 4) is 11.1 Å². The number of thioether (sulfide) groups is 1. The van der Waals surface area contributed by atoms with Gasteiger partial charge in [-0.15, -0.1) is 0 Å². The number of carbonyl (C=O) groups excluding carboxylic acids is 2. The molecule has 198 valence electrons. The van der Waals surface area contributed by atoms with E-state index in [2.05, 4.69) is 34.9 Å². The molecule has 0 aliphatic heterocycles. The Morgan fingerprint density at radius 3 is 2.05 bits per heavy atom. The maximum Gasteiger partial charge on any atom is 0.407 e. The average Bonchev–Trinajstić information content (AvgIpc) is 3.27. The summed E-state index contributed by atoms with van der Waals surface area (Å²) >= 11 is 1.18. The zero-order valence-corrected chi connectivity index (χ0v) is 22.9. The van der Waals surface area contributed by atoms with Crippen LogP contribution in [0.2, 0.25) is 0 Å². The molecular formula is C33H32N2O3S. The number of alkyl carbamates (subject to hydrolysis) is 1. The molecule has 0 unspecified atom stereocenters. The standard InChI is InChI=1S/C33H32N2O3S/c1-22-16-18-25(19-17-22)39-32(36)31(34-20-24-10-4-3-5-11-24)23(2)35-33(37)38-21-30-28-14-8-6-12-26(28)27-13-7-9-15-29(27)30/h3-19,23,30-31,34H,20-21H2,1-2H3,(H,35,37)/t23-,31-/m0/s1. The van der Waals surface area contributed by atoms with Gasteiger partial charge in [0.2, 0.25) is 5.12 Å². The third kappa shape index (κ3) is 6.41. The van der Waals surface area contributed by atoms with Crippen molar-refractivity contribution >= 4 is 23.0 Å². The van der Waals surface area contributed by atoms with Crippen LogP contribution in [0.25, 0.3) is 11.1 Å². The smallest absolute Gasteiger partial charge is 0.407 e. The molecule has 4 aromatic rings. The molecule has 0 heterocycles. The van der Waals surface area contributed by atoms with Crippen LogP contribution in [0.1, 0.15) is 35.1 Å². The molecule has 0 bridgehead atoms. The van der Waals surface area contributed by atoms with Gasteiger partial charge in [0, 0.05) is 17.4 Å². The van der Waals surface area contributed by atoms with Crippen molar-refractivity contribution < 1.29 is 14.3 Å². The van der Waals surface area contributed by atoms with Gasteiger partial charge in [-0.1, -0.05) is 108 Å². The molecule has 39 heavy (non-hydrogen) atoms. The third-order valence-electron chi connectivity index (χ3n) is 7.05. The highest BCUT2D eigenvalue weighted by molar-refractivity contribution is 8.13. The predicted molar refractivity (Wildman–Crippen MR) is 157 cm³/mol. The number of hydrogen-bond acceptors (Lipinski definition) is 5. The summed E-state index contributed by atoms with van der Waals surface area (Å²) in [5.41, 5.74) is 6.87. The topological polar surface area (TPSA) is 67.4 Å². The van der Waals surface area contributed by atoms with E-state index in [1.165, 1.54) is 22.9 Å². The Kier molecular flexibility index (Phi) is 8.45. The lowest BCUT2D eigenvalue weighted by atomic mass is 9.98. The molecule has 6 heteroatoms. The summed E-state index contributed by atoms with van der Waals surface area (Å²) in [6, 6.07) is 33.1. The molecule has 5 rings (SSSR count). The second-order valence-corrected chi connectivity index (χ2v) is 10.9. The van der Waals surface area contributed by atoms with E-state index in [0.717, 1.165) is 27.1 Å². The molecular weight excluding hydrogens is 504 g/mol. The number of benzene rings is 4. The molecule has 1 aliphatic carbocycles. The van der Waals surface area contributed by atoms with E-state index in [4.69, 9.17) is 4.74 Å². The second kappa shape index (κ2) is 12.3. The molecule has 0 saturated heterocycles. The zero-order chi connectivity index (χ0) is 27.2. The summed E-state index contributed by atoms with van der Waals surface area (Å²) < 4.78 is 5.74. The third-order valence-corrected chi connectivity index (χ3v) is 8.01. The first-order valence-electron chi connectivity index (χ1n) is 13.2. The highest BCUT2D eigenvalue weighted by atomic mass is 32.2. The van der Waals surface area contributed by atoms with E-state index in [1.54, 1.807) is 0 Å². The van der Waals surface area contributed by atoms with Gasteiger partial charge in [-0.05, 0) is 53.8 Å². The number of carbonyl (C=O) groups is 2. The van der Waals surface area contributed by atoms with Crippen LogP contribution in [-0.4, -0.2) is 29.9 Å². The van der Waals surface area contributed by atoms with Gasteiger partial charge >= 0.3 is 6.09 Å². The number of rotatable bonds is 9. The molecule has 0 radical (unpaired) electrons. The van der Waals surface area contributed by atoms with E-state index in [1.807, 2.05) is 92.7 Å². The van der Waals surface area contributed by atoms with Gasteiger partial charge in [0.1, 0.15) is 6.61 Å². The van der Waals surface area contributed by atoms with Crippen LogP contribution in [0.3, 0.4) is 0 Å². The Hall–Kier alpha value is -3.87. The molecule has 2 N–H and O–H groups in total. The van der Waals surface area contributed by atoms with Crippen LogP contribution in [-0.2, 0) is 16.1 Å². The van der Waals surface area contributed by atoms with Crippen molar-refractivity contribution in [1.82, 2.24) is 10.6 Å². The monoisotopic (exact) mass is 536 g/mol. The summed E-state index contributed by atoms with van der Waals surface area (Å²) in [7, 11) is 0. The highest BCUT2D eigenvalue weighted by Crippen LogP contribution is 2.44. The van der Waals surface area contributed by atoms with Crippen molar-refractivity contribution in [2.45, 2.75) is 43.3 Å². The minimum absolute atomic E-state index is 0.0239. The van der Waals surface area contributed by atoms with Crippen molar-refractivity contribution in [1.29, 1.82) is 0 Å². The maximum absolute atomic E-state index is 13.4. The van der Waals surface area contributed by atoms with E-state index >= 15 is 0 Å². The van der Waals surface area contributed by atoms with Gasteiger partial charge in [0.25, 0.3) is 0 Å². The zero-order valence-electron chi connectivity index (χ0n) is 22.1. The van der Waals surface area contributed by atoms with Crippen molar-refractivity contribution in [2.75, 3.05) is 6.61 Å². The van der Waals surface area contributed by atoms with Gasteiger partial charge in [-0.3, -0.25) is 4.79 Å². The summed E-state index contributed by atoms with van der Waals surface area (Å²) in [5.74, 6) is -0.0239. The number of amides is 1. The number of hydrogen-bond donors (Lipinski definition) is 2. The SMILES string of the molecule is Cc1ccc(SC(=O)[C@@H](NCc2ccccc2)[C@H](C)NC(=O)OCC2c3ccccc3-c3ccccc32)cc1. The Morgan fingerprint density at radius 1 is 0.821 bits per heavy atom. The summed E-state index contributed by atoms with van der Waals surface area (Å²) in [5, 5.41) is 6.19. The van der Waals surface area contributed by atoms with E-state index in [9.17, 15) is 9.59 Å². The molecule has 0 fully saturated rings. The van der Waals surface area contributed by atoms with Crippen LogP contribution in [0, 0.1) is 6.92 Å². The first kappa shape index (κ1) is 26.7. The van der Waals surface area contributed by atoms with E-state index in [-0.39, 0.29) is 17.6 Å². The quantitative estimate of drug-likeness (QED) is 0.233. The number of fused-ring (bicyclic) bond motifs is 3. The fourth-order valence-electron chi connectivity index (χ4n) is 4.98. The van der Waals surface area contributed by atoms with Crippen LogP contribution in [0.15, 0.2) is 108 Å². The lowest BCUT2D eigenvalue weighted by Gasteiger charge is -2.25. The minimum atomic E-state index is -0.614. The van der Waals surface area contributed by atoms with Gasteiger partial charge in [-0.2, -0.15) is 0 Å². The van der Waals surface area contributed by atoms with Gasteiger partial charge in [0.15, 0.2) is 0 Å². The number of ether oxygens (including phenoxy) is 1. The van der Waals surface area contributed by atoms with Crippen molar-refractivity contribution in [3.05, 3.63) is 125 Å². The summed E-state index contributed by atoms with van der Waals surface area (Å²) in [6.45, 7) is 4.57. The fraction of sp³-hybridized carbons (Fsp3) is 0.212. The Balaban J connectivity index is 1.25. The van der Waals surface area contributed by atoms with Crippen LogP contribution in [0.4, 0.5) is 4.79 Å². The molecule has 0 aromatic heterocycles. The van der Waals surface area contributed by atoms with Gasteiger partial charge in [-0.25, -0.2) is 4.79 Å². The maximum atomic E-state index is 13.4. The van der Waals surface area contributed by atoms with Crippen LogP contribution >= 0.6 is 11.8 Å². The van der Waals surface area contributed by atoms with Crippen molar-refractivity contribution in [2.24, 2.45) is 0 Å². The number of aryl methyl sites for hydroxylation is 1. The van der Waals surface area contributed by atoms with E-state index in [0.29, 0.717) is 6.54 Å². The molecule has 1 amide bonds. The highest BCUT2D eigenvalue weighted by Gasteiger charge is 2.30. The largest absolute Gasteiger partial charge is 0.449 e. The Morgan fingerprint density at radius 2 is 1.41 bits per heavy atom. The number of nitrogens with one attached hydrogen (secondary N) is 2. The van der Waals surface area contributed by atoms with E-state index < -0.39 is 18.2 Å². The predicted octanol–water partition coefficient (Wildman–Crippen LogP) is 6.70. The normalized spacial score (nSPS) is 13.7. The Bertz CT molecular complexity index is 1390. The minimum Gasteiger partial charge on any atom is -0.449 e. The Labute approximate surface area is 234 Å². The molecule has 2 atom stereocenters. The first-order valence-corrected chi connectivity index (χ1v) is 14.0.